The van der Waals surface area contributed by atoms with Crippen LogP contribution < -0.4 is 5.14 Å². The van der Waals surface area contributed by atoms with Crippen LogP contribution in [0.4, 0.5) is 0 Å². The van der Waals surface area contributed by atoms with Gasteiger partial charge >= 0.3 is 0 Å². The van der Waals surface area contributed by atoms with Gasteiger partial charge in [-0.2, -0.15) is 4.31 Å². The summed E-state index contributed by atoms with van der Waals surface area (Å²) in [5.41, 5.74) is 0.527. The monoisotopic (exact) mass is 354 g/mol. The average molecular weight is 354 g/mol. The maximum Gasteiger partial charge on any atom is 0.253 e. The fraction of sp³-hybridized carbons (Fsp3) is 0.636. The normalized spacial score (nSPS) is 22.1. The van der Waals surface area contributed by atoms with E-state index in [9.17, 15) is 16.8 Å². The molecular formula is C11H18N2O5S3. The molecule has 1 atom stereocenters. The van der Waals surface area contributed by atoms with Gasteiger partial charge in [0.25, 0.3) is 10.0 Å². The summed E-state index contributed by atoms with van der Waals surface area (Å²) in [5.74, 6) is 0. The highest BCUT2D eigenvalue weighted by molar-refractivity contribution is 7.94. The van der Waals surface area contributed by atoms with E-state index in [1.54, 1.807) is 7.11 Å². The number of nitrogens with zero attached hydrogens (tertiary/aromatic N) is 1. The lowest BCUT2D eigenvalue weighted by molar-refractivity contribution is 0.182. The molecule has 10 heteroatoms. The summed E-state index contributed by atoms with van der Waals surface area (Å²) in [7, 11) is -6.00. The standard InChI is InChI=1S/C11H18N2O5S3/c1-8-6-9-7-10(20(12,14)15)19-11(9)21(16,17)13(8)4-3-5-18-2/h7-8H,3-6H2,1-2H3,(H2,12,14,15). The molecule has 0 spiro atoms. The zero-order valence-corrected chi connectivity index (χ0v) is 14.2. The van der Waals surface area contributed by atoms with Crippen molar-refractivity contribution in [3.05, 3.63) is 11.6 Å². The predicted octanol–water partition coefficient (Wildman–Crippen LogP) is 0.367. The first-order valence-corrected chi connectivity index (χ1v) is 10.1. The molecule has 0 amide bonds. The van der Waals surface area contributed by atoms with Crippen molar-refractivity contribution in [3.63, 3.8) is 0 Å². The lowest BCUT2D eigenvalue weighted by Crippen LogP contribution is -2.43. The molecule has 0 saturated heterocycles. The number of hydrogen-bond donors (Lipinski definition) is 1. The van der Waals surface area contributed by atoms with Crippen LogP contribution in [0.25, 0.3) is 0 Å². The van der Waals surface area contributed by atoms with Gasteiger partial charge in [-0.1, -0.05) is 0 Å². The van der Waals surface area contributed by atoms with Gasteiger partial charge in [0, 0.05) is 26.3 Å². The molecule has 7 nitrogen and oxygen atoms in total. The van der Waals surface area contributed by atoms with Crippen LogP contribution in [0.2, 0.25) is 0 Å². The minimum Gasteiger partial charge on any atom is -0.385 e. The maximum atomic E-state index is 12.6. The van der Waals surface area contributed by atoms with E-state index in [-0.39, 0.29) is 14.5 Å². The summed E-state index contributed by atoms with van der Waals surface area (Å²) in [6, 6.07) is 1.15. The summed E-state index contributed by atoms with van der Waals surface area (Å²) in [6.45, 7) is 2.62. The third-order valence-electron chi connectivity index (χ3n) is 3.30. The van der Waals surface area contributed by atoms with Gasteiger partial charge in [-0.3, -0.25) is 0 Å². The second-order valence-electron chi connectivity index (χ2n) is 4.94. The number of hydrogen-bond acceptors (Lipinski definition) is 6. The molecule has 1 aromatic heterocycles. The zero-order valence-electron chi connectivity index (χ0n) is 11.8. The predicted molar refractivity (Wildman–Crippen MR) is 79.2 cm³/mol. The SMILES string of the molecule is COCCCN1C(C)Cc2cc(S(N)(=O)=O)sc2S1(=O)=O. The molecule has 0 bridgehead atoms. The summed E-state index contributed by atoms with van der Waals surface area (Å²) in [5, 5.41) is 5.08. The first-order valence-electron chi connectivity index (χ1n) is 6.34. The Morgan fingerprint density at radius 1 is 1.52 bits per heavy atom. The summed E-state index contributed by atoms with van der Waals surface area (Å²) in [6.07, 6.45) is 1.07. The number of fused-ring (bicyclic) bond motifs is 1. The number of primary sulfonamides is 1. The van der Waals surface area contributed by atoms with Crippen molar-refractivity contribution in [1.82, 2.24) is 4.31 Å². The Balaban J connectivity index is 2.39. The Labute approximate surface area is 128 Å². The molecule has 0 radical (unpaired) electrons. The molecule has 1 unspecified atom stereocenters. The molecular weight excluding hydrogens is 336 g/mol. The van der Waals surface area contributed by atoms with Crippen molar-refractivity contribution < 1.29 is 21.6 Å². The molecule has 0 fully saturated rings. The van der Waals surface area contributed by atoms with Crippen molar-refractivity contribution in [2.24, 2.45) is 5.14 Å². The molecule has 1 aliphatic heterocycles. The zero-order chi connectivity index (χ0) is 15.8. The Hall–Kier alpha value is -0.520. The first kappa shape index (κ1) is 16.8. The van der Waals surface area contributed by atoms with Crippen LogP contribution in [0.1, 0.15) is 18.9 Å². The van der Waals surface area contributed by atoms with E-state index >= 15 is 0 Å². The summed E-state index contributed by atoms with van der Waals surface area (Å²) < 4.78 is 54.3. The van der Waals surface area contributed by atoms with Gasteiger partial charge < -0.3 is 4.74 Å². The molecule has 1 aromatic rings. The molecule has 1 aliphatic rings. The van der Waals surface area contributed by atoms with E-state index < -0.39 is 20.0 Å². The number of ether oxygens (including phenoxy) is 1. The van der Waals surface area contributed by atoms with Crippen LogP contribution in [0.3, 0.4) is 0 Å². The van der Waals surface area contributed by atoms with E-state index in [4.69, 9.17) is 9.88 Å². The molecule has 0 aromatic carbocycles. The minimum atomic E-state index is -3.89. The van der Waals surface area contributed by atoms with E-state index in [0.29, 0.717) is 31.6 Å². The van der Waals surface area contributed by atoms with Gasteiger partial charge in [-0.05, 0) is 31.4 Å². The minimum absolute atomic E-state index is 0.0852. The van der Waals surface area contributed by atoms with Crippen molar-refractivity contribution in [2.75, 3.05) is 20.3 Å². The lowest BCUT2D eigenvalue weighted by atomic mass is 10.1. The number of sulfonamides is 2. The van der Waals surface area contributed by atoms with Crippen LogP contribution in [-0.4, -0.2) is 47.4 Å². The van der Waals surface area contributed by atoms with Crippen molar-refractivity contribution in [2.45, 2.75) is 34.2 Å². The average Bonchev–Trinajstić information content (AvgIpc) is 2.78. The van der Waals surface area contributed by atoms with E-state index in [2.05, 4.69) is 0 Å². The fourth-order valence-electron chi connectivity index (χ4n) is 2.36. The molecule has 0 aliphatic carbocycles. The van der Waals surface area contributed by atoms with E-state index in [0.717, 1.165) is 11.3 Å². The second kappa shape index (κ2) is 5.94. The summed E-state index contributed by atoms with van der Waals surface area (Å²) >= 11 is 0.720. The highest BCUT2D eigenvalue weighted by Crippen LogP contribution is 2.37. The summed E-state index contributed by atoms with van der Waals surface area (Å²) in [4.78, 5) is 0. The van der Waals surface area contributed by atoms with Gasteiger partial charge in [0.05, 0.1) is 0 Å². The third kappa shape index (κ3) is 3.30. The van der Waals surface area contributed by atoms with Crippen LogP contribution in [0, 0.1) is 0 Å². The van der Waals surface area contributed by atoms with Crippen molar-refractivity contribution >= 4 is 31.4 Å². The number of thiophene rings is 1. The fourth-order valence-corrected chi connectivity index (χ4v) is 6.78. The Morgan fingerprint density at radius 2 is 2.19 bits per heavy atom. The number of nitrogens with two attached hydrogens (primary N) is 1. The van der Waals surface area contributed by atoms with Gasteiger partial charge in [0.15, 0.2) is 0 Å². The van der Waals surface area contributed by atoms with Gasteiger partial charge in [-0.15, -0.1) is 11.3 Å². The maximum absolute atomic E-state index is 12.6. The molecule has 2 rings (SSSR count). The van der Waals surface area contributed by atoms with Crippen LogP contribution >= 0.6 is 11.3 Å². The van der Waals surface area contributed by atoms with Crippen LogP contribution in [-0.2, 0) is 31.2 Å². The van der Waals surface area contributed by atoms with Gasteiger partial charge in [-0.25, -0.2) is 22.0 Å². The lowest BCUT2D eigenvalue weighted by Gasteiger charge is -2.32. The van der Waals surface area contributed by atoms with Crippen molar-refractivity contribution in [3.8, 4) is 0 Å². The number of methoxy groups -OCH3 is 1. The van der Waals surface area contributed by atoms with E-state index in [1.807, 2.05) is 6.92 Å². The van der Waals surface area contributed by atoms with Gasteiger partial charge in [0.1, 0.15) is 8.42 Å². The Kier molecular flexibility index (Phi) is 4.76. The highest BCUT2D eigenvalue weighted by Gasteiger charge is 2.38. The Morgan fingerprint density at radius 3 is 2.76 bits per heavy atom. The first-order chi connectivity index (χ1) is 9.67. The van der Waals surface area contributed by atoms with Crippen molar-refractivity contribution in [1.29, 1.82) is 0 Å². The molecule has 2 N–H and O–H groups in total. The van der Waals surface area contributed by atoms with Crippen LogP contribution in [0.15, 0.2) is 14.5 Å². The topological polar surface area (TPSA) is 107 Å². The third-order valence-corrected chi connectivity index (χ3v) is 8.47. The Bertz CT molecular complexity index is 723. The smallest absolute Gasteiger partial charge is 0.253 e. The quantitative estimate of drug-likeness (QED) is 0.769. The number of rotatable bonds is 5. The molecule has 21 heavy (non-hydrogen) atoms. The molecule has 2 heterocycles. The second-order valence-corrected chi connectivity index (χ2v) is 9.86. The highest BCUT2D eigenvalue weighted by atomic mass is 32.3. The van der Waals surface area contributed by atoms with Gasteiger partial charge in [0.2, 0.25) is 10.0 Å². The van der Waals surface area contributed by atoms with Crippen LogP contribution in [0.5, 0.6) is 0 Å². The molecule has 120 valence electrons. The largest absolute Gasteiger partial charge is 0.385 e. The van der Waals surface area contributed by atoms with E-state index in [1.165, 1.54) is 10.4 Å². The molecule has 0 saturated carbocycles.